The van der Waals surface area contributed by atoms with Gasteiger partial charge in [0.25, 0.3) is 0 Å². The van der Waals surface area contributed by atoms with Crippen molar-refractivity contribution in [3.8, 4) is 0 Å². The van der Waals surface area contributed by atoms with Gasteiger partial charge in [0.15, 0.2) is 16.6 Å². The highest BCUT2D eigenvalue weighted by molar-refractivity contribution is 6.41. The zero-order chi connectivity index (χ0) is 8.90. The molecule has 2 aromatic rings. The van der Waals surface area contributed by atoms with Crippen LogP contribution in [0, 0.1) is 16.4 Å². The van der Waals surface area contributed by atoms with Gasteiger partial charge in [0.1, 0.15) is 0 Å². The maximum atomic E-state index is 11.2. The summed E-state index contributed by atoms with van der Waals surface area (Å²) in [4.78, 5) is 33.4. The van der Waals surface area contributed by atoms with Crippen molar-refractivity contribution < 1.29 is 4.79 Å². The van der Waals surface area contributed by atoms with Crippen LogP contribution in [-0.2, 0) is 4.79 Å². The molecule has 3 nitrogen and oxygen atoms in total. The number of Topliss-reactive ketones (excluding diaryl/α,β-unsaturated/α-hetero) is 1. The van der Waals surface area contributed by atoms with Crippen molar-refractivity contribution in [1.82, 2.24) is 0 Å². The molecule has 4 rings (SSSR count). The predicted molar refractivity (Wildman–Crippen MR) is 43.5 cm³/mol. The van der Waals surface area contributed by atoms with E-state index in [4.69, 9.17) is 0 Å². The number of fused-ring (bicyclic) bond motifs is 3. The maximum absolute atomic E-state index is 11.2. The lowest BCUT2D eigenvalue weighted by Crippen LogP contribution is -1.96. The summed E-state index contributed by atoms with van der Waals surface area (Å²) in [6.45, 7) is 0. The predicted octanol–water partition coefficient (Wildman–Crippen LogP) is -2.41. The summed E-state index contributed by atoms with van der Waals surface area (Å²) in [7, 11) is 0. The quantitative estimate of drug-likeness (QED) is 0.442. The van der Waals surface area contributed by atoms with E-state index in [0.717, 1.165) is 0 Å². The van der Waals surface area contributed by atoms with Crippen LogP contribution in [0.1, 0.15) is 0 Å². The van der Waals surface area contributed by atoms with E-state index in [1.807, 2.05) is 0 Å². The van der Waals surface area contributed by atoms with E-state index in [9.17, 15) is 14.4 Å². The van der Waals surface area contributed by atoms with Gasteiger partial charge in [0, 0.05) is 26.4 Å². The molecule has 3 heteroatoms. The van der Waals surface area contributed by atoms with Crippen LogP contribution in [0.2, 0.25) is 0 Å². The van der Waals surface area contributed by atoms with Crippen LogP contribution in [0.15, 0.2) is 9.59 Å². The second kappa shape index (κ2) is 1.27. The van der Waals surface area contributed by atoms with E-state index in [1.165, 1.54) is 0 Å². The third kappa shape index (κ3) is 0.428. The molecule has 0 bridgehead atoms. The molecule has 0 saturated heterocycles. The Labute approximate surface area is 70.3 Å². The topological polar surface area (TPSA) is 51.2 Å². The first-order valence-corrected chi connectivity index (χ1v) is 4.06. The third-order valence-electron chi connectivity index (χ3n) is 2.95. The Balaban J connectivity index is 2.53. The van der Waals surface area contributed by atoms with Crippen molar-refractivity contribution in [3.63, 3.8) is 0 Å². The van der Waals surface area contributed by atoms with Gasteiger partial charge in [-0.05, 0) is 0 Å². The van der Waals surface area contributed by atoms with Gasteiger partial charge in [0.05, 0.1) is 5.92 Å². The van der Waals surface area contributed by atoms with Gasteiger partial charge in [0.2, 0.25) is 0 Å². The Hall–Kier alpha value is -1.77. The smallest absolute Gasteiger partial charge is 0.195 e. The zero-order valence-electron chi connectivity index (χ0n) is 6.38. The van der Waals surface area contributed by atoms with E-state index in [0.29, 0.717) is 26.4 Å². The number of hydrogen-bond acceptors (Lipinski definition) is 3. The first-order valence-electron chi connectivity index (χ1n) is 4.06. The Morgan fingerprint density at radius 3 is 2.46 bits per heavy atom. The molecule has 0 aliphatic heterocycles. The molecule has 0 N–H and O–H groups in total. The van der Waals surface area contributed by atoms with Gasteiger partial charge in [-0.15, -0.1) is 0 Å². The lowest BCUT2D eigenvalue weighted by molar-refractivity contribution is -0.109. The standard InChI is InChI=1S/C10H2O3/c11-8-2-1-3-5(9(3)12)7-6(4(2)8)10(7)13/h1-2H. The second-order valence-corrected chi connectivity index (χ2v) is 3.62. The zero-order valence-corrected chi connectivity index (χ0v) is 6.38. The van der Waals surface area contributed by atoms with Crippen LogP contribution in [0.25, 0.3) is 11.6 Å². The molecule has 0 amide bonds. The van der Waals surface area contributed by atoms with Crippen molar-refractivity contribution in [2.75, 3.05) is 0 Å². The van der Waals surface area contributed by atoms with Gasteiger partial charge in [-0.25, -0.2) is 0 Å². The van der Waals surface area contributed by atoms with Crippen molar-refractivity contribution in [2.24, 2.45) is 5.92 Å². The largest absolute Gasteiger partial charge is 0.293 e. The Morgan fingerprint density at radius 2 is 1.69 bits per heavy atom. The van der Waals surface area contributed by atoms with E-state index in [1.54, 1.807) is 6.08 Å². The molecular weight excluding hydrogens is 168 g/mol. The summed E-state index contributed by atoms with van der Waals surface area (Å²) < 4.78 is 0. The van der Waals surface area contributed by atoms with Crippen LogP contribution in [0.4, 0.5) is 0 Å². The summed E-state index contributed by atoms with van der Waals surface area (Å²) in [6.07, 6.45) is 1.69. The molecular formula is C10H2O3. The molecule has 2 aliphatic carbocycles. The number of carbonyl (C=O) groups excluding carboxylic acids is 1. The van der Waals surface area contributed by atoms with Gasteiger partial charge in [-0.3, -0.25) is 14.4 Å². The molecule has 2 aliphatic rings. The van der Waals surface area contributed by atoms with E-state index in [-0.39, 0.29) is 22.6 Å². The summed E-state index contributed by atoms with van der Waals surface area (Å²) in [6, 6.07) is 0. The average molecular weight is 170 g/mol. The van der Waals surface area contributed by atoms with Crippen molar-refractivity contribution in [1.29, 1.82) is 0 Å². The van der Waals surface area contributed by atoms with Crippen LogP contribution < -0.4 is 21.3 Å². The monoisotopic (exact) mass is 170 g/mol. The van der Waals surface area contributed by atoms with Crippen molar-refractivity contribution >= 4 is 17.4 Å². The fraction of sp³-hybridized carbons (Fsp3) is 0.100. The molecule has 1 unspecified atom stereocenters. The highest BCUT2D eigenvalue weighted by Gasteiger charge is 2.46. The van der Waals surface area contributed by atoms with Crippen LogP contribution in [0.3, 0.4) is 0 Å². The minimum absolute atomic E-state index is 0.0181. The molecule has 60 valence electrons. The van der Waals surface area contributed by atoms with Gasteiger partial charge in [-0.1, -0.05) is 6.08 Å². The molecule has 1 atom stereocenters. The van der Waals surface area contributed by atoms with Gasteiger partial charge in [-0.2, -0.15) is 0 Å². The molecule has 1 fully saturated rings. The minimum Gasteiger partial charge on any atom is -0.293 e. The molecule has 0 heterocycles. The van der Waals surface area contributed by atoms with E-state index in [2.05, 4.69) is 0 Å². The summed E-state index contributed by atoms with van der Waals surface area (Å²) in [5.41, 5.74) is 0.509. The molecule has 2 aromatic carbocycles. The number of ketones is 1. The molecule has 0 radical (unpaired) electrons. The highest BCUT2D eigenvalue weighted by atomic mass is 16.1. The van der Waals surface area contributed by atoms with Crippen molar-refractivity contribution in [2.45, 2.75) is 0 Å². The van der Waals surface area contributed by atoms with Crippen LogP contribution in [0.5, 0.6) is 0 Å². The number of carbonyl (C=O) groups is 1. The second-order valence-electron chi connectivity index (χ2n) is 3.62. The lowest BCUT2D eigenvalue weighted by Gasteiger charge is -1.65. The van der Waals surface area contributed by atoms with Gasteiger partial charge < -0.3 is 0 Å². The maximum Gasteiger partial charge on any atom is 0.195 e. The van der Waals surface area contributed by atoms with E-state index >= 15 is 0 Å². The average Bonchev–Trinajstić information content (AvgIpc) is 2.96. The van der Waals surface area contributed by atoms with Crippen LogP contribution in [-0.4, -0.2) is 5.78 Å². The van der Waals surface area contributed by atoms with Crippen molar-refractivity contribution in [3.05, 3.63) is 41.3 Å². The lowest BCUT2D eigenvalue weighted by atomic mass is 10.3. The third-order valence-corrected chi connectivity index (χ3v) is 2.95. The first-order chi connectivity index (χ1) is 6.22. The highest BCUT2D eigenvalue weighted by Crippen LogP contribution is 2.35. The Kier molecular flexibility index (Phi) is 0.566. The molecule has 0 aromatic heterocycles. The minimum atomic E-state index is -0.240. The molecule has 0 spiro atoms. The summed E-state index contributed by atoms with van der Waals surface area (Å²) in [5, 5.41) is 2.25. The summed E-state index contributed by atoms with van der Waals surface area (Å²) in [5.74, 6) is -0.222. The number of hydrogen-bond donors (Lipinski definition) is 0. The Bertz CT molecular complexity index is 830. The fourth-order valence-corrected chi connectivity index (χ4v) is 2.08. The van der Waals surface area contributed by atoms with Crippen LogP contribution >= 0.6 is 0 Å². The normalized spacial score (nSPS) is 23.8. The SMILES string of the molecule is O=C1C2=c3c(=O)c3=c3c(=O)c3=CC12. The first kappa shape index (κ1) is 5.80. The van der Waals surface area contributed by atoms with E-state index < -0.39 is 0 Å². The molecule has 13 heavy (non-hydrogen) atoms. The molecule has 1 saturated carbocycles. The Morgan fingerprint density at radius 1 is 0.923 bits per heavy atom. The summed E-state index contributed by atoms with van der Waals surface area (Å²) >= 11 is 0. The van der Waals surface area contributed by atoms with Gasteiger partial charge >= 0.3 is 0 Å². The number of rotatable bonds is 0. The fourth-order valence-electron chi connectivity index (χ4n) is 2.08.